The minimum atomic E-state index is -5.65. The average molecular weight is 380 g/mol. The summed E-state index contributed by atoms with van der Waals surface area (Å²) in [7, 11) is 0. The van der Waals surface area contributed by atoms with E-state index in [1.807, 2.05) is 5.32 Å². The Labute approximate surface area is 145 Å². The van der Waals surface area contributed by atoms with Crippen molar-refractivity contribution in [3.05, 3.63) is 40.4 Å². The molecule has 0 heterocycles. The average Bonchev–Trinajstić information content (AvgIpc) is 2.53. The molecule has 0 spiro atoms. The Morgan fingerprint density at radius 1 is 1.32 bits per heavy atom. The first-order valence-corrected chi connectivity index (χ1v) is 7.17. The number of carbonyl (C=O) groups excluding carboxylic acids is 2. The topological polar surface area (TPSA) is 112 Å². The van der Waals surface area contributed by atoms with Gasteiger partial charge in [0.25, 0.3) is 5.91 Å². The quantitative estimate of drug-likeness (QED) is 0.337. The van der Waals surface area contributed by atoms with Crippen LogP contribution in [0, 0.1) is 0 Å². The number of hydrogen-bond donors (Lipinski definition) is 2. The van der Waals surface area contributed by atoms with Crippen molar-refractivity contribution < 1.29 is 37.4 Å². The number of carbonyl (C=O) groups is 2. The number of amides is 1. The zero-order valence-electron chi connectivity index (χ0n) is 12.8. The van der Waals surface area contributed by atoms with Crippen LogP contribution in [0.1, 0.15) is 12.5 Å². The normalized spacial score (nSPS) is 13.4. The molecule has 0 radical (unpaired) electrons. The van der Waals surface area contributed by atoms with Gasteiger partial charge in [-0.15, -0.1) is 0 Å². The summed E-state index contributed by atoms with van der Waals surface area (Å²) < 4.78 is 44.0. The second-order valence-electron chi connectivity index (χ2n) is 4.69. The number of halogens is 4. The van der Waals surface area contributed by atoms with Crippen molar-refractivity contribution in [2.75, 3.05) is 6.61 Å². The van der Waals surface area contributed by atoms with E-state index in [0.29, 0.717) is 10.6 Å². The molecule has 1 rings (SSSR count). The summed E-state index contributed by atoms with van der Waals surface area (Å²) >= 11 is 5.66. The van der Waals surface area contributed by atoms with Crippen molar-refractivity contribution in [1.82, 2.24) is 5.32 Å². The van der Waals surface area contributed by atoms with Gasteiger partial charge in [0, 0.05) is 11.6 Å². The van der Waals surface area contributed by atoms with Crippen molar-refractivity contribution in [2.45, 2.75) is 25.2 Å². The van der Waals surface area contributed by atoms with Gasteiger partial charge < -0.3 is 20.7 Å². The largest absolute Gasteiger partial charge is 0.457 e. The van der Waals surface area contributed by atoms with E-state index in [0.717, 1.165) is 0 Å². The lowest BCUT2D eigenvalue weighted by Gasteiger charge is -2.24. The van der Waals surface area contributed by atoms with Gasteiger partial charge in [-0.05, 0) is 24.6 Å². The summed E-state index contributed by atoms with van der Waals surface area (Å²) in [6.07, 6.45) is -5.65. The van der Waals surface area contributed by atoms with Gasteiger partial charge >= 0.3 is 23.5 Å². The highest BCUT2D eigenvalue weighted by atomic mass is 35.5. The number of rotatable bonds is 6. The Balaban J connectivity index is 3.12. The van der Waals surface area contributed by atoms with E-state index in [1.165, 1.54) is 31.2 Å². The number of hydrogen-bond acceptors (Lipinski definition) is 4. The van der Waals surface area contributed by atoms with E-state index in [2.05, 4.69) is 9.53 Å². The van der Waals surface area contributed by atoms with Crippen LogP contribution in [0.3, 0.4) is 0 Å². The first-order valence-electron chi connectivity index (χ1n) is 6.79. The number of nitrogens with one attached hydrogen (secondary N) is 1. The number of ether oxygens (including phenoxy) is 1. The summed E-state index contributed by atoms with van der Waals surface area (Å²) in [5.41, 5.74) is 2.81. The van der Waals surface area contributed by atoms with E-state index >= 15 is 0 Å². The third-order valence-electron chi connectivity index (χ3n) is 3.02. The van der Waals surface area contributed by atoms with Crippen molar-refractivity contribution in [2.24, 2.45) is 0 Å². The fourth-order valence-electron chi connectivity index (χ4n) is 1.74. The van der Waals surface area contributed by atoms with Crippen LogP contribution in [0.2, 0.25) is 5.02 Å². The van der Waals surface area contributed by atoms with Gasteiger partial charge in [-0.2, -0.15) is 18.0 Å². The summed E-state index contributed by atoms with van der Waals surface area (Å²) in [4.78, 5) is 25.6. The standard InChI is InChI=1S/C14H13ClF3N3O4/c1-2-25-11(22)10(21-19)13(24,14(16,17)18)12(23)20-7-8-3-5-9(15)6-4-8/h3-6,24H,2,7H2,1H3,(H,20,23). The molecular weight excluding hydrogens is 367 g/mol. The third-order valence-corrected chi connectivity index (χ3v) is 3.27. The van der Waals surface area contributed by atoms with E-state index < -0.39 is 35.9 Å². The van der Waals surface area contributed by atoms with E-state index in [-0.39, 0.29) is 6.61 Å². The van der Waals surface area contributed by atoms with Crippen LogP contribution in [0.4, 0.5) is 13.2 Å². The smallest absolute Gasteiger partial charge is 0.438 e. The molecule has 0 aromatic heterocycles. The van der Waals surface area contributed by atoms with Crippen molar-refractivity contribution in [3.63, 3.8) is 0 Å². The van der Waals surface area contributed by atoms with Gasteiger partial charge in [0.05, 0.1) is 6.61 Å². The summed E-state index contributed by atoms with van der Waals surface area (Å²) in [6.45, 7) is 0.508. The minimum Gasteiger partial charge on any atom is -0.457 e. The van der Waals surface area contributed by atoms with Gasteiger partial charge in [-0.25, -0.2) is 4.79 Å². The highest BCUT2D eigenvalue weighted by Crippen LogP contribution is 2.32. The molecule has 0 aliphatic heterocycles. The van der Waals surface area contributed by atoms with Crippen LogP contribution >= 0.6 is 11.6 Å². The second-order valence-corrected chi connectivity index (χ2v) is 5.12. The molecule has 0 bridgehead atoms. The Morgan fingerprint density at radius 3 is 2.32 bits per heavy atom. The van der Waals surface area contributed by atoms with Crippen molar-refractivity contribution in [1.29, 1.82) is 0 Å². The maximum Gasteiger partial charge on any atom is 0.438 e. The van der Waals surface area contributed by atoms with Gasteiger partial charge in [0.1, 0.15) is 0 Å². The molecule has 0 aliphatic rings. The summed E-state index contributed by atoms with van der Waals surface area (Å²) in [5, 5.41) is 12.0. The van der Waals surface area contributed by atoms with Crippen LogP contribution in [0.5, 0.6) is 0 Å². The molecule has 1 atom stereocenters. The summed E-state index contributed by atoms with van der Waals surface area (Å²) in [6, 6.07) is 5.75. The molecule has 25 heavy (non-hydrogen) atoms. The number of aliphatic hydroxyl groups is 1. The zero-order chi connectivity index (χ0) is 19.3. The number of nitrogens with zero attached hydrogens (tertiary/aromatic N) is 2. The van der Waals surface area contributed by atoms with Gasteiger partial charge in [-0.1, -0.05) is 23.7 Å². The predicted octanol–water partition coefficient (Wildman–Crippen LogP) is 1.48. The van der Waals surface area contributed by atoms with Crippen LogP contribution < -0.4 is 5.32 Å². The number of benzene rings is 1. The van der Waals surface area contributed by atoms with Crippen molar-refractivity contribution in [3.8, 4) is 0 Å². The molecule has 2 N–H and O–H groups in total. The van der Waals surface area contributed by atoms with Crippen LogP contribution in [-0.2, 0) is 20.9 Å². The molecule has 1 unspecified atom stereocenters. The molecule has 11 heteroatoms. The lowest BCUT2D eigenvalue weighted by molar-refractivity contribution is -0.236. The predicted molar refractivity (Wildman–Crippen MR) is 79.6 cm³/mol. The lowest BCUT2D eigenvalue weighted by atomic mass is 9.95. The molecule has 0 fully saturated rings. The SMILES string of the molecule is CCOC(=O)C(=[N+]=[N-])C(O)(C(=O)NCc1ccc(Cl)cc1)C(F)(F)F. The van der Waals surface area contributed by atoms with Gasteiger partial charge in [-0.3, -0.25) is 4.79 Å². The molecule has 136 valence electrons. The van der Waals surface area contributed by atoms with Crippen LogP contribution in [0.15, 0.2) is 24.3 Å². The highest BCUT2D eigenvalue weighted by molar-refractivity contribution is 6.42. The maximum atomic E-state index is 13.2. The maximum absolute atomic E-state index is 13.2. The third kappa shape index (κ3) is 4.56. The first kappa shape index (κ1) is 20.6. The number of alkyl halides is 3. The molecule has 1 amide bonds. The van der Waals surface area contributed by atoms with Crippen molar-refractivity contribution >= 4 is 29.2 Å². The Hall–Kier alpha value is -2.42. The molecule has 0 saturated carbocycles. The van der Waals surface area contributed by atoms with Crippen LogP contribution in [-0.4, -0.2) is 45.9 Å². The zero-order valence-corrected chi connectivity index (χ0v) is 13.6. The van der Waals surface area contributed by atoms with Crippen LogP contribution in [0.25, 0.3) is 5.53 Å². The minimum absolute atomic E-state index is 0.363. The Bertz CT molecular complexity index is 702. The van der Waals surface area contributed by atoms with Gasteiger partial charge in [0.2, 0.25) is 0 Å². The molecule has 0 saturated heterocycles. The number of esters is 1. The molecule has 0 aliphatic carbocycles. The fraction of sp³-hybridized carbons (Fsp3) is 0.357. The Morgan fingerprint density at radius 2 is 1.88 bits per heavy atom. The van der Waals surface area contributed by atoms with E-state index in [9.17, 15) is 27.9 Å². The molecule has 1 aromatic rings. The lowest BCUT2D eigenvalue weighted by Crippen LogP contribution is -2.64. The first-order chi connectivity index (χ1) is 11.6. The second kappa shape index (κ2) is 8.11. The van der Waals surface area contributed by atoms with Gasteiger partial charge in [0.15, 0.2) is 0 Å². The monoisotopic (exact) mass is 379 g/mol. The molecular formula is C14H13ClF3N3O4. The molecule has 1 aromatic carbocycles. The fourth-order valence-corrected chi connectivity index (χ4v) is 1.87. The Kier molecular flexibility index (Phi) is 6.69. The highest BCUT2D eigenvalue weighted by Gasteiger charge is 2.70. The van der Waals surface area contributed by atoms with E-state index in [4.69, 9.17) is 17.1 Å². The van der Waals surface area contributed by atoms with E-state index in [1.54, 1.807) is 0 Å². The molecule has 7 nitrogen and oxygen atoms in total. The summed E-state index contributed by atoms with van der Waals surface area (Å²) in [5.74, 6) is -3.79.